The Labute approximate surface area is 107 Å². The van der Waals surface area contributed by atoms with Crippen LogP contribution in [-0.4, -0.2) is 25.8 Å². The Balaban J connectivity index is 2.01. The normalized spacial score (nSPS) is 36.5. The first-order valence-corrected chi connectivity index (χ1v) is 7.42. The van der Waals surface area contributed by atoms with Crippen molar-refractivity contribution in [2.24, 2.45) is 11.8 Å². The second-order valence-electron chi connectivity index (χ2n) is 6.34. The molecule has 0 amide bonds. The van der Waals surface area contributed by atoms with Gasteiger partial charge in [-0.25, -0.2) is 0 Å². The quantitative estimate of drug-likeness (QED) is 0.794. The van der Waals surface area contributed by atoms with Gasteiger partial charge in [0.2, 0.25) is 0 Å². The third-order valence-corrected chi connectivity index (χ3v) is 5.17. The van der Waals surface area contributed by atoms with Crippen molar-refractivity contribution in [1.82, 2.24) is 5.32 Å². The summed E-state index contributed by atoms with van der Waals surface area (Å²) in [6.45, 7) is 2.38. The zero-order chi connectivity index (χ0) is 12.3. The van der Waals surface area contributed by atoms with E-state index in [0.717, 1.165) is 11.8 Å². The van der Waals surface area contributed by atoms with E-state index in [1.807, 2.05) is 7.11 Å². The summed E-state index contributed by atoms with van der Waals surface area (Å²) in [5.41, 5.74) is 0.113. The van der Waals surface area contributed by atoms with Gasteiger partial charge < -0.3 is 10.1 Å². The van der Waals surface area contributed by atoms with Crippen LogP contribution in [0.15, 0.2) is 0 Å². The van der Waals surface area contributed by atoms with Gasteiger partial charge in [-0.1, -0.05) is 39.0 Å². The second-order valence-corrected chi connectivity index (χ2v) is 6.34. The number of methoxy groups -OCH3 is 1. The highest BCUT2D eigenvalue weighted by Gasteiger charge is 2.42. The van der Waals surface area contributed by atoms with Gasteiger partial charge in [0.1, 0.15) is 0 Å². The van der Waals surface area contributed by atoms with Gasteiger partial charge in [0.25, 0.3) is 0 Å². The van der Waals surface area contributed by atoms with Crippen molar-refractivity contribution >= 4 is 0 Å². The topological polar surface area (TPSA) is 21.3 Å². The minimum atomic E-state index is 0.113. The van der Waals surface area contributed by atoms with E-state index in [9.17, 15) is 0 Å². The van der Waals surface area contributed by atoms with Crippen molar-refractivity contribution in [3.63, 3.8) is 0 Å². The molecule has 2 aliphatic rings. The van der Waals surface area contributed by atoms with Crippen LogP contribution in [0, 0.1) is 11.8 Å². The van der Waals surface area contributed by atoms with E-state index < -0.39 is 0 Å². The first-order chi connectivity index (χ1) is 8.20. The van der Waals surface area contributed by atoms with E-state index in [2.05, 4.69) is 19.3 Å². The van der Waals surface area contributed by atoms with Crippen molar-refractivity contribution in [2.45, 2.75) is 69.9 Å². The van der Waals surface area contributed by atoms with Gasteiger partial charge >= 0.3 is 0 Å². The number of hydrogen-bond acceptors (Lipinski definition) is 2. The molecule has 0 aliphatic heterocycles. The summed E-state index contributed by atoms with van der Waals surface area (Å²) in [7, 11) is 4.03. The van der Waals surface area contributed by atoms with E-state index in [1.165, 1.54) is 51.4 Å². The zero-order valence-electron chi connectivity index (χ0n) is 11.8. The Hall–Kier alpha value is -0.0800. The SMILES string of the molecule is CNC(CC1CCC1)C1(OC)CCCC(C)C1. The minimum absolute atomic E-state index is 0.113. The molecule has 0 spiro atoms. The molecule has 0 bridgehead atoms. The van der Waals surface area contributed by atoms with Crippen LogP contribution >= 0.6 is 0 Å². The number of ether oxygens (including phenoxy) is 1. The molecule has 2 fully saturated rings. The van der Waals surface area contributed by atoms with Crippen LogP contribution in [0.3, 0.4) is 0 Å². The summed E-state index contributed by atoms with van der Waals surface area (Å²) in [5, 5.41) is 3.56. The van der Waals surface area contributed by atoms with Crippen molar-refractivity contribution in [1.29, 1.82) is 0 Å². The van der Waals surface area contributed by atoms with Gasteiger partial charge in [0.05, 0.1) is 5.60 Å². The van der Waals surface area contributed by atoms with E-state index >= 15 is 0 Å². The molecule has 3 unspecified atom stereocenters. The molecule has 2 aliphatic carbocycles. The third kappa shape index (κ3) is 2.85. The van der Waals surface area contributed by atoms with Gasteiger partial charge in [-0.15, -0.1) is 0 Å². The maximum Gasteiger partial charge on any atom is 0.0833 e. The Morgan fingerprint density at radius 1 is 1.29 bits per heavy atom. The minimum Gasteiger partial charge on any atom is -0.377 e. The standard InChI is InChI=1S/C15H29NO/c1-12-6-5-9-15(11-12,17-3)14(16-2)10-13-7-4-8-13/h12-14,16H,4-11H2,1-3H3. The average molecular weight is 239 g/mol. The van der Waals surface area contributed by atoms with Crippen LogP contribution < -0.4 is 5.32 Å². The molecule has 0 aromatic rings. The maximum atomic E-state index is 6.01. The Morgan fingerprint density at radius 2 is 2.06 bits per heavy atom. The highest BCUT2D eigenvalue weighted by molar-refractivity contribution is 4.97. The first kappa shape index (κ1) is 13.4. The Morgan fingerprint density at radius 3 is 2.53 bits per heavy atom. The predicted octanol–water partition coefficient (Wildman–Crippen LogP) is 3.36. The molecule has 0 saturated heterocycles. The molecule has 1 N–H and O–H groups in total. The fraction of sp³-hybridized carbons (Fsp3) is 1.00. The van der Waals surface area contributed by atoms with Crippen LogP contribution in [0.5, 0.6) is 0 Å². The molecule has 17 heavy (non-hydrogen) atoms. The monoisotopic (exact) mass is 239 g/mol. The smallest absolute Gasteiger partial charge is 0.0833 e. The highest BCUT2D eigenvalue weighted by atomic mass is 16.5. The maximum absolute atomic E-state index is 6.01. The molecule has 2 heteroatoms. The van der Waals surface area contributed by atoms with Crippen LogP contribution in [-0.2, 0) is 4.74 Å². The molecule has 2 rings (SSSR count). The molecule has 0 aromatic heterocycles. The van der Waals surface area contributed by atoms with Crippen molar-refractivity contribution in [2.75, 3.05) is 14.2 Å². The lowest BCUT2D eigenvalue weighted by Gasteiger charge is -2.46. The van der Waals surface area contributed by atoms with Crippen molar-refractivity contribution < 1.29 is 4.74 Å². The predicted molar refractivity (Wildman–Crippen MR) is 72.2 cm³/mol. The van der Waals surface area contributed by atoms with Crippen LogP contribution in [0.4, 0.5) is 0 Å². The molecule has 0 aromatic carbocycles. The lowest BCUT2D eigenvalue weighted by atomic mass is 9.70. The molecular formula is C15H29NO. The van der Waals surface area contributed by atoms with Crippen LogP contribution in [0.25, 0.3) is 0 Å². The zero-order valence-corrected chi connectivity index (χ0v) is 11.8. The second kappa shape index (κ2) is 5.71. The molecule has 3 atom stereocenters. The highest BCUT2D eigenvalue weighted by Crippen LogP contribution is 2.41. The summed E-state index contributed by atoms with van der Waals surface area (Å²) in [5.74, 6) is 1.78. The molecule has 2 saturated carbocycles. The number of likely N-dealkylation sites (N-methyl/N-ethyl adjacent to an activating group) is 1. The van der Waals surface area contributed by atoms with Gasteiger partial charge in [-0.05, 0) is 38.1 Å². The lowest BCUT2D eigenvalue weighted by Crippen LogP contribution is -2.54. The molecule has 100 valence electrons. The van der Waals surface area contributed by atoms with Gasteiger partial charge in [0, 0.05) is 13.2 Å². The number of nitrogens with one attached hydrogen (secondary N) is 1. The van der Waals surface area contributed by atoms with E-state index in [4.69, 9.17) is 4.74 Å². The van der Waals surface area contributed by atoms with E-state index in [1.54, 1.807) is 0 Å². The third-order valence-electron chi connectivity index (χ3n) is 5.17. The Bertz CT molecular complexity index is 239. The van der Waals surface area contributed by atoms with Crippen molar-refractivity contribution in [3.8, 4) is 0 Å². The number of rotatable bonds is 5. The number of hydrogen-bond donors (Lipinski definition) is 1. The van der Waals surface area contributed by atoms with Crippen molar-refractivity contribution in [3.05, 3.63) is 0 Å². The fourth-order valence-electron chi connectivity index (χ4n) is 3.85. The first-order valence-electron chi connectivity index (χ1n) is 7.42. The Kier molecular flexibility index (Phi) is 4.48. The van der Waals surface area contributed by atoms with Gasteiger partial charge in [0.15, 0.2) is 0 Å². The van der Waals surface area contributed by atoms with Gasteiger partial charge in [-0.3, -0.25) is 0 Å². The molecule has 2 nitrogen and oxygen atoms in total. The summed E-state index contributed by atoms with van der Waals surface area (Å²) in [6, 6.07) is 0.556. The fourth-order valence-corrected chi connectivity index (χ4v) is 3.85. The lowest BCUT2D eigenvalue weighted by molar-refractivity contribution is -0.0843. The van der Waals surface area contributed by atoms with Gasteiger partial charge in [-0.2, -0.15) is 0 Å². The summed E-state index contributed by atoms with van der Waals surface area (Å²) >= 11 is 0. The average Bonchev–Trinajstić information content (AvgIpc) is 2.27. The molecular weight excluding hydrogens is 210 g/mol. The summed E-state index contributed by atoms with van der Waals surface area (Å²) < 4.78 is 6.01. The molecule has 0 heterocycles. The largest absolute Gasteiger partial charge is 0.377 e. The molecule has 0 radical (unpaired) electrons. The van der Waals surface area contributed by atoms with E-state index in [0.29, 0.717) is 6.04 Å². The van der Waals surface area contributed by atoms with Crippen LogP contribution in [0.2, 0.25) is 0 Å². The summed E-state index contributed by atoms with van der Waals surface area (Å²) in [4.78, 5) is 0. The van der Waals surface area contributed by atoms with E-state index in [-0.39, 0.29) is 5.60 Å². The van der Waals surface area contributed by atoms with Crippen LogP contribution in [0.1, 0.15) is 58.3 Å². The summed E-state index contributed by atoms with van der Waals surface area (Å²) in [6.07, 6.45) is 10.8.